The third-order valence-electron chi connectivity index (χ3n) is 2.92. The van der Waals surface area contributed by atoms with Crippen molar-refractivity contribution in [3.05, 3.63) is 47.3 Å². The quantitative estimate of drug-likeness (QED) is 0.823. The summed E-state index contributed by atoms with van der Waals surface area (Å²) in [5.74, 6) is 0.677. The maximum absolute atomic E-state index is 4.52. The van der Waals surface area contributed by atoms with Crippen molar-refractivity contribution >= 4 is 11.6 Å². The molecule has 2 N–H and O–H groups in total. The van der Waals surface area contributed by atoms with Crippen LogP contribution in [0.1, 0.15) is 17.0 Å². The summed E-state index contributed by atoms with van der Waals surface area (Å²) >= 11 is 0. The molecular formula is C13H14N4. The van der Waals surface area contributed by atoms with Crippen LogP contribution in [-0.4, -0.2) is 9.97 Å². The fourth-order valence-electron chi connectivity index (χ4n) is 2.04. The van der Waals surface area contributed by atoms with Crippen LogP contribution in [0.15, 0.2) is 30.3 Å². The first-order valence-corrected chi connectivity index (χ1v) is 5.72. The van der Waals surface area contributed by atoms with E-state index in [-0.39, 0.29) is 0 Å². The summed E-state index contributed by atoms with van der Waals surface area (Å²) < 4.78 is 0. The number of anilines is 2. The van der Waals surface area contributed by atoms with E-state index in [1.54, 1.807) is 0 Å². The van der Waals surface area contributed by atoms with Gasteiger partial charge < -0.3 is 10.6 Å². The number of rotatable bonds is 2. The summed E-state index contributed by atoms with van der Waals surface area (Å²) in [4.78, 5) is 9.00. The van der Waals surface area contributed by atoms with Crippen molar-refractivity contribution < 1.29 is 0 Å². The third-order valence-corrected chi connectivity index (χ3v) is 2.92. The molecule has 1 aliphatic heterocycles. The van der Waals surface area contributed by atoms with E-state index >= 15 is 0 Å². The van der Waals surface area contributed by atoms with Gasteiger partial charge in [-0.05, 0) is 19.1 Å². The fourth-order valence-corrected chi connectivity index (χ4v) is 2.04. The van der Waals surface area contributed by atoms with Gasteiger partial charge in [0.2, 0.25) is 5.95 Å². The highest BCUT2D eigenvalue weighted by Crippen LogP contribution is 2.19. The molecule has 0 unspecified atom stereocenters. The second kappa shape index (κ2) is 4.14. The molecule has 0 fully saturated rings. The molecule has 0 spiro atoms. The molecule has 0 bridgehead atoms. The van der Waals surface area contributed by atoms with Crippen molar-refractivity contribution in [2.75, 3.05) is 5.32 Å². The lowest BCUT2D eigenvalue weighted by molar-refractivity contribution is 0.757. The highest BCUT2D eigenvalue weighted by atomic mass is 15.1. The van der Waals surface area contributed by atoms with Crippen molar-refractivity contribution in [1.82, 2.24) is 15.3 Å². The minimum absolute atomic E-state index is 0.677. The van der Waals surface area contributed by atoms with Gasteiger partial charge in [0.1, 0.15) is 0 Å². The van der Waals surface area contributed by atoms with Gasteiger partial charge in [0.05, 0.1) is 5.69 Å². The molecule has 2 heterocycles. The van der Waals surface area contributed by atoms with Gasteiger partial charge in [-0.15, -0.1) is 0 Å². The number of hydrogen-bond donors (Lipinski definition) is 2. The van der Waals surface area contributed by atoms with Crippen LogP contribution in [0.2, 0.25) is 0 Å². The Hall–Kier alpha value is -1.94. The number of para-hydroxylation sites is 1. The van der Waals surface area contributed by atoms with Gasteiger partial charge >= 0.3 is 0 Å². The molecular weight excluding hydrogens is 212 g/mol. The summed E-state index contributed by atoms with van der Waals surface area (Å²) in [5, 5.41) is 6.51. The number of aryl methyl sites for hydroxylation is 1. The van der Waals surface area contributed by atoms with E-state index in [1.807, 2.05) is 37.3 Å². The predicted molar refractivity (Wildman–Crippen MR) is 67.0 cm³/mol. The minimum Gasteiger partial charge on any atom is -0.324 e. The number of hydrogen-bond acceptors (Lipinski definition) is 4. The molecule has 0 saturated carbocycles. The standard InChI is InChI=1S/C13H14N4/c1-9-11-7-14-8-12(11)17-13(15-9)16-10-5-3-2-4-6-10/h2-6,14H,7-8H2,1H3,(H,15,16,17). The summed E-state index contributed by atoms with van der Waals surface area (Å²) in [6, 6.07) is 9.98. The van der Waals surface area contributed by atoms with Crippen LogP contribution < -0.4 is 10.6 Å². The van der Waals surface area contributed by atoms with E-state index in [0.29, 0.717) is 5.95 Å². The molecule has 0 atom stereocenters. The largest absolute Gasteiger partial charge is 0.324 e. The molecule has 86 valence electrons. The van der Waals surface area contributed by atoms with Crippen LogP contribution in [0, 0.1) is 6.92 Å². The Morgan fingerprint density at radius 3 is 2.76 bits per heavy atom. The van der Waals surface area contributed by atoms with Crippen molar-refractivity contribution in [1.29, 1.82) is 0 Å². The van der Waals surface area contributed by atoms with Crippen LogP contribution >= 0.6 is 0 Å². The van der Waals surface area contributed by atoms with Gasteiger partial charge in [-0.25, -0.2) is 9.97 Å². The van der Waals surface area contributed by atoms with E-state index < -0.39 is 0 Å². The zero-order valence-electron chi connectivity index (χ0n) is 9.70. The highest BCUT2D eigenvalue weighted by molar-refractivity contribution is 5.53. The summed E-state index contributed by atoms with van der Waals surface area (Å²) in [5.41, 5.74) is 4.41. The molecule has 0 aliphatic carbocycles. The molecule has 4 nitrogen and oxygen atoms in total. The van der Waals surface area contributed by atoms with Crippen LogP contribution in [-0.2, 0) is 13.1 Å². The van der Waals surface area contributed by atoms with Gasteiger partial charge in [-0.1, -0.05) is 18.2 Å². The average Bonchev–Trinajstić information content (AvgIpc) is 2.79. The lowest BCUT2D eigenvalue weighted by Crippen LogP contribution is -2.03. The number of benzene rings is 1. The summed E-state index contributed by atoms with van der Waals surface area (Å²) in [7, 11) is 0. The highest BCUT2D eigenvalue weighted by Gasteiger charge is 2.16. The Kier molecular flexibility index (Phi) is 2.49. The number of aromatic nitrogens is 2. The molecule has 2 aromatic rings. The van der Waals surface area contributed by atoms with Gasteiger partial charge in [-0.2, -0.15) is 0 Å². The second-order valence-corrected chi connectivity index (χ2v) is 4.15. The second-order valence-electron chi connectivity index (χ2n) is 4.15. The Labute approximate surface area is 100 Å². The van der Waals surface area contributed by atoms with E-state index in [9.17, 15) is 0 Å². The van der Waals surface area contributed by atoms with Crippen LogP contribution in [0.3, 0.4) is 0 Å². The van der Waals surface area contributed by atoms with Crippen molar-refractivity contribution in [2.45, 2.75) is 20.0 Å². The van der Waals surface area contributed by atoms with Gasteiger partial charge in [0, 0.05) is 30.0 Å². The first-order chi connectivity index (χ1) is 8.33. The number of nitrogens with one attached hydrogen (secondary N) is 2. The fraction of sp³-hybridized carbons (Fsp3) is 0.231. The number of nitrogens with zero attached hydrogens (tertiary/aromatic N) is 2. The Morgan fingerprint density at radius 1 is 1.12 bits per heavy atom. The minimum atomic E-state index is 0.677. The van der Waals surface area contributed by atoms with Gasteiger partial charge in [0.25, 0.3) is 0 Å². The normalized spacial score (nSPS) is 13.5. The lowest BCUT2D eigenvalue weighted by atomic mass is 10.2. The van der Waals surface area contributed by atoms with E-state index in [4.69, 9.17) is 0 Å². The summed E-state index contributed by atoms with van der Waals surface area (Å²) in [6.07, 6.45) is 0. The van der Waals surface area contributed by atoms with E-state index in [1.165, 1.54) is 5.56 Å². The molecule has 0 amide bonds. The first kappa shape index (κ1) is 10.2. The van der Waals surface area contributed by atoms with Gasteiger partial charge in [0.15, 0.2) is 0 Å². The molecule has 17 heavy (non-hydrogen) atoms. The first-order valence-electron chi connectivity index (χ1n) is 5.72. The van der Waals surface area contributed by atoms with Gasteiger partial charge in [-0.3, -0.25) is 0 Å². The smallest absolute Gasteiger partial charge is 0.227 e. The summed E-state index contributed by atoms with van der Waals surface area (Å²) in [6.45, 7) is 3.75. The molecule has 3 rings (SSSR count). The zero-order chi connectivity index (χ0) is 11.7. The maximum Gasteiger partial charge on any atom is 0.227 e. The molecule has 1 aromatic heterocycles. The van der Waals surface area contributed by atoms with Crippen LogP contribution in [0.4, 0.5) is 11.6 Å². The van der Waals surface area contributed by atoms with E-state index in [0.717, 1.165) is 30.2 Å². The van der Waals surface area contributed by atoms with Crippen molar-refractivity contribution in [2.24, 2.45) is 0 Å². The SMILES string of the molecule is Cc1nc(Nc2ccccc2)nc2c1CNC2. The van der Waals surface area contributed by atoms with Crippen molar-refractivity contribution in [3.63, 3.8) is 0 Å². The molecule has 1 aromatic carbocycles. The predicted octanol–water partition coefficient (Wildman–Crippen LogP) is 2.13. The Balaban J connectivity index is 1.92. The third kappa shape index (κ3) is 1.99. The van der Waals surface area contributed by atoms with Crippen LogP contribution in [0.25, 0.3) is 0 Å². The molecule has 0 saturated heterocycles. The van der Waals surface area contributed by atoms with E-state index in [2.05, 4.69) is 20.6 Å². The molecule has 1 aliphatic rings. The molecule has 0 radical (unpaired) electrons. The monoisotopic (exact) mass is 226 g/mol. The maximum atomic E-state index is 4.52. The topological polar surface area (TPSA) is 49.8 Å². The Morgan fingerprint density at radius 2 is 1.94 bits per heavy atom. The zero-order valence-corrected chi connectivity index (χ0v) is 9.70. The molecule has 4 heteroatoms. The average molecular weight is 226 g/mol. The van der Waals surface area contributed by atoms with Crippen molar-refractivity contribution in [3.8, 4) is 0 Å². The van der Waals surface area contributed by atoms with Crippen LogP contribution in [0.5, 0.6) is 0 Å². The lowest BCUT2D eigenvalue weighted by Gasteiger charge is -2.08. The number of fused-ring (bicyclic) bond motifs is 1. The Bertz CT molecular complexity index is 537.